The molecular weight excluding hydrogens is 498 g/mol. The number of aromatic nitrogens is 4. The minimum atomic E-state index is -0.963. The fourth-order valence-electron chi connectivity index (χ4n) is 4.99. The largest absolute Gasteiger partial charge is 0.497 e. The Bertz CT molecular complexity index is 1530. The predicted octanol–water partition coefficient (Wildman–Crippen LogP) is 3.99. The molecule has 2 aromatic carbocycles. The molecular formula is C28H33N7O4. The zero-order valence-electron chi connectivity index (χ0n) is 22.8. The van der Waals surface area contributed by atoms with Gasteiger partial charge >= 0.3 is 6.09 Å². The van der Waals surface area contributed by atoms with Crippen molar-refractivity contribution in [3.05, 3.63) is 48.5 Å². The number of nitrogens with one attached hydrogen (secondary N) is 1. The molecule has 204 valence electrons. The average molecular weight is 532 g/mol. The Balaban J connectivity index is 1.46. The van der Waals surface area contributed by atoms with Crippen LogP contribution in [-0.4, -0.2) is 85.3 Å². The number of rotatable bonds is 5. The number of carboxylic acid groups (broad SMARTS) is 1. The maximum atomic E-state index is 13.6. The van der Waals surface area contributed by atoms with E-state index < -0.39 is 12.1 Å². The van der Waals surface area contributed by atoms with Crippen LogP contribution >= 0.6 is 0 Å². The number of para-hydroxylation sites is 1. The van der Waals surface area contributed by atoms with Gasteiger partial charge in [-0.1, -0.05) is 32.9 Å². The zero-order valence-corrected chi connectivity index (χ0v) is 22.8. The highest BCUT2D eigenvalue weighted by molar-refractivity contribution is 5.93. The Morgan fingerprint density at radius 2 is 1.79 bits per heavy atom. The summed E-state index contributed by atoms with van der Waals surface area (Å²) >= 11 is 0. The summed E-state index contributed by atoms with van der Waals surface area (Å²) in [6.45, 7) is 8.67. The minimum Gasteiger partial charge on any atom is -0.497 e. The van der Waals surface area contributed by atoms with Crippen LogP contribution in [0.4, 0.5) is 10.7 Å². The van der Waals surface area contributed by atoms with E-state index in [2.05, 4.69) is 5.32 Å². The molecule has 2 amide bonds. The minimum absolute atomic E-state index is 0.132. The zero-order chi connectivity index (χ0) is 27.9. The van der Waals surface area contributed by atoms with Gasteiger partial charge in [-0.3, -0.25) is 4.79 Å². The molecule has 0 aliphatic carbocycles. The highest BCUT2D eigenvalue weighted by Crippen LogP contribution is 2.29. The predicted molar refractivity (Wildman–Crippen MR) is 148 cm³/mol. The molecule has 0 spiro atoms. The van der Waals surface area contributed by atoms with E-state index in [1.165, 1.54) is 4.90 Å². The van der Waals surface area contributed by atoms with Gasteiger partial charge in [-0.25, -0.2) is 14.8 Å². The Kier molecular flexibility index (Phi) is 6.75. The maximum absolute atomic E-state index is 13.6. The lowest BCUT2D eigenvalue weighted by molar-refractivity contribution is -0.135. The number of ether oxygens (including phenoxy) is 1. The van der Waals surface area contributed by atoms with Crippen LogP contribution in [0.3, 0.4) is 0 Å². The Hall–Kier alpha value is -4.41. The summed E-state index contributed by atoms with van der Waals surface area (Å²) < 4.78 is 6.90. The molecule has 0 saturated carbocycles. The number of piperazine rings is 1. The first-order chi connectivity index (χ1) is 18.6. The molecule has 4 aromatic rings. The van der Waals surface area contributed by atoms with Gasteiger partial charge in [-0.2, -0.15) is 4.52 Å². The highest BCUT2D eigenvalue weighted by atomic mass is 16.5. The van der Waals surface area contributed by atoms with E-state index in [0.29, 0.717) is 30.5 Å². The summed E-state index contributed by atoms with van der Waals surface area (Å²) in [7, 11) is 1.62. The molecule has 1 aliphatic rings. The van der Waals surface area contributed by atoms with Crippen molar-refractivity contribution in [3.63, 3.8) is 0 Å². The lowest BCUT2D eigenvalue weighted by Gasteiger charge is -2.46. The van der Waals surface area contributed by atoms with Crippen molar-refractivity contribution in [1.82, 2.24) is 29.4 Å². The standard InChI is InChI=1S/C28H33N7O4/c1-17(25(36)33-14-15-34(27(37)38)22(16-33)28(2,3)4)29-26-30-21-9-7-6-8-20(21)24-31-23(32-35(24)26)18-10-12-19(39-5)13-11-18/h6-13,17,22H,14-16H2,1-5H3,(H,29,30)(H,37,38)/t17-,22?/m1/s1. The highest BCUT2D eigenvalue weighted by Gasteiger charge is 2.40. The number of nitrogens with zero attached hydrogens (tertiary/aromatic N) is 6. The third-order valence-electron chi connectivity index (χ3n) is 7.18. The van der Waals surface area contributed by atoms with Crippen LogP contribution in [0.2, 0.25) is 0 Å². The number of amides is 2. The van der Waals surface area contributed by atoms with Gasteiger partial charge in [-0.15, -0.1) is 5.10 Å². The molecule has 0 radical (unpaired) electrons. The third kappa shape index (κ3) is 5.04. The second kappa shape index (κ2) is 10.0. The van der Waals surface area contributed by atoms with E-state index in [-0.39, 0.29) is 23.9 Å². The fraction of sp³-hybridized carbons (Fsp3) is 0.393. The number of carbonyl (C=O) groups is 2. The van der Waals surface area contributed by atoms with Crippen LogP contribution in [0.1, 0.15) is 27.7 Å². The molecule has 11 nitrogen and oxygen atoms in total. The van der Waals surface area contributed by atoms with Crippen LogP contribution in [0.25, 0.3) is 27.9 Å². The molecule has 3 heterocycles. The maximum Gasteiger partial charge on any atom is 0.407 e. The summed E-state index contributed by atoms with van der Waals surface area (Å²) in [5, 5.41) is 18.5. The van der Waals surface area contributed by atoms with Crippen molar-refractivity contribution >= 4 is 34.5 Å². The van der Waals surface area contributed by atoms with Crippen LogP contribution in [0, 0.1) is 5.41 Å². The SMILES string of the molecule is COc1ccc(-c2nc3c4ccccc4nc(N[C@H](C)C(=O)N4CCN(C(=O)O)C(C(C)(C)C)C4)n3n2)cc1. The molecule has 0 bridgehead atoms. The smallest absolute Gasteiger partial charge is 0.407 e. The molecule has 1 aliphatic heterocycles. The molecule has 11 heteroatoms. The first-order valence-electron chi connectivity index (χ1n) is 12.9. The van der Waals surface area contributed by atoms with Crippen molar-refractivity contribution in [3.8, 4) is 17.1 Å². The number of benzene rings is 2. The number of carbonyl (C=O) groups excluding carboxylic acids is 1. The second-order valence-electron chi connectivity index (χ2n) is 10.9. The van der Waals surface area contributed by atoms with E-state index in [1.807, 2.05) is 69.3 Å². The lowest BCUT2D eigenvalue weighted by Crippen LogP contribution is -2.61. The first kappa shape index (κ1) is 26.2. The summed E-state index contributed by atoms with van der Waals surface area (Å²) in [6, 6.07) is 14.2. The van der Waals surface area contributed by atoms with Gasteiger partial charge in [0.15, 0.2) is 11.5 Å². The number of hydrogen-bond acceptors (Lipinski definition) is 7. The lowest BCUT2D eigenvalue weighted by atomic mass is 9.84. The molecule has 39 heavy (non-hydrogen) atoms. The molecule has 2 aromatic heterocycles. The van der Waals surface area contributed by atoms with Gasteiger partial charge in [0.2, 0.25) is 11.9 Å². The summed E-state index contributed by atoms with van der Waals surface area (Å²) in [5.41, 5.74) is 1.85. The number of anilines is 1. The van der Waals surface area contributed by atoms with Gasteiger partial charge in [0.1, 0.15) is 11.8 Å². The van der Waals surface area contributed by atoms with E-state index in [9.17, 15) is 14.7 Å². The number of methoxy groups -OCH3 is 1. The average Bonchev–Trinajstić information content (AvgIpc) is 3.38. The molecule has 5 rings (SSSR count). The van der Waals surface area contributed by atoms with Crippen LogP contribution in [0.15, 0.2) is 48.5 Å². The quantitative estimate of drug-likeness (QED) is 0.396. The van der Waals surface area contributed by atoms with Gasteiger partial charge in [0.05, 0.1) is 18.7 Å². The van der Waals surface area contributed by atoms with Gasteiger partial charge < -0.3 is 25.0 Å². The third-order valence-corrected chi connectivity index (χ3v) is 7.18. The number of fused-ring (bicyclic) bond motifs is 3. The van der Waals surface area contributed by atoms with E-state index in [0.717, 1.165) is 22.2 Å². The monoisotopic (exact) mass is 531 g/mol. The van der Waals surface area contributed by atoms with Crippen molar-refractivity contribution < 1.29 is 19.4 Å². The van der Waals surface area contributed by atoms with Crippen LogP contribution in [-0.2, 0) is 4.79 Å². The summed E-state index contributed by atoms with van der Waals surface area (Å²) in [6.07, 6.45) is -0.963. The summed E-state index contributed by atoms with van der Waals surface area (Å²) in [5.74, 6) is 1.53. The number of hydrogen-bond donors (Lipinski definition) is 2. The molecule has 1 unspecified atom stereocenters. The van der Waals surface area contributed by atoms with Gasteiger partial charge in [-0.05, 0) is 48.7 Å². The van der Waals surface area contributed by atoms with Crippen molar-refractivity contribution in [2.24, 2.45) is 5.41 Å². The van der Waals surface area contributed by atoms with E-state index >= 15 is 0 Å². The second-order valence-corrected chi connectivity index (χ2v) is 10.9. The van der Waals surface area contributed by atoms with Crippen molar-refractivity contribution in [2.75, 3.05) is 32.1 Å². The van der Waals surface area contributed by atoms with Gasteiger partial charge in [0, 0.05) is 30.6 Å². The fourth-order valence-corrected chi connectivity index (χ4v) is 4.99. The van der Waals surface area contributed by atoms with E-state index in [4.69, 9.17) is 19.8 Å². The van der Waals surface area contributed by atoms with Crippen molar-refractivity contribution in [2.45, 2.75) is 39.8 Å². The Labute approximate surface area is 226 Å². The van der Waals surface area contributed by atoms with Crippen LogP contribution in [0.5, 0.6) is 5.75 Å². The molecule has 2 atom stereocenters. The normalized spacial score (nSPS) is 16.9. The molecule has 2 N–H and O–H groups in total. The van der Waals surface area contributed by atoms with E-state index in [1.54, 1.807) is 23.4 Å². The Morgan fingerprint density at radius 1 is 1.08 bits per heavy atom. The molecule has 1 saturated heterocycles. The summed E-state index contributed by atoms with van der Waals surface area (Å²) in [4.78, 5) is 38.1. The van der Waals surface area contributed by atoms with Gasteiger partial charge in [0.25, 0.3) is 0 Å². The Morgan fingerprint density at radius 3 is 2.46 bits per heavy atom. The van der Waals surface area contributed by atoms with Crippen molar-refractivity contribution in [1.29, 1.82) is 0 Å². The molecule has 1 fully saturated rings. The first-order valence-corrected chi connectivity index (χ1v) is 12.9. The topological polar surface area (TPSA) is 125 Å². The van der Waals surface area contributed by atoms with Crippen LogP contribution < -0.4 is 10.1 Å².